The van der Waals surface area contributed by atoms with Crippen molar-refractivity contribution in [2.75, 3.05) is 13.1 Å². The topological polar surface area (TPSA) is 63.3 Å². The highest BCUT2D eigenvalue weighted by Gasteiger charge is 1.96. The number of guanidine groups is 1. The van der Waals surface area contributed by atoms with E-state index in [0.29, 0.717) is 17.0 Å². The van der Waals surface area contributed by atoms with Crippen LogP contribution in [0.15, 0.2) is 23.3 Å². The highest BCUT2D eigenvalue weighted by atomic mass is 127. The van der Waals surface area contributed by atoms with E-state index in [1.807, 2.05) is 6.07 Å². The normalized spacial score (nSPS) is 11.3. The molecule has 1 rings (SSSR count). The first-order valence-electron chi connectivity index (χ1n) is 6.22. The Morgan fingerprint density at radius 2 is 2.21 bits per heavy atom. The molecule has 0 aromatic carbocycles. The zero-order valence-electron chi connectivity index (χ0n) is 11.4. The number of aliphatic imine (C=N–C) groups is 1. The summed E-state index contributed by atoms with van der Waals surface area (Å²) in [5.41, 5.74) is 6.88. The van der Waals surface area contributed by atoms with Gasteiger partial charge in [-0.3, -0.25) is 4.99 Å². The van der Waals surface area contributed by atoms with E-state index in [2.05, 4.69) is 29.1 Å². The summed E-state index contributed by atoms with van der Waals surface area (Å²) in [5, 5.41) is 3.60. The number of hydrogen-bond acceptors (Lipinski definition) is 2. The number of halogens is 2. The number of nitrogens with two attached hydrogens (primary N) is 1. The Morgan fingerprint density at radius 1 is 1.47 bits per heavy atom. The fourth-order valence-corrected chi connectivity index (χ4v) is 1.50. The SMILES string of the molecule is CC(C)CCN=C(N)NCCc1ccc(Cl)nc1.I. The van der Waals surface area contributed by atoms with Crippen LogP contribution in [0.1, 0.15) is 25.8 Å². The third kappa shape index (κ3) is 9.04. The van der Waals surface area contributed by atoms with Crippen molar-refractivity contribution in [2.45, 2.75) is 26.7 Å². The summed E-state index contributed by atoms with van der Waals surface area (Å²) < 4.78 is 0. The molecular formula is C13H22ClIN4. The van der Waals surface area contributed by atoms with Crippen LogP contribution < -0.4 is 11.1 Å². The molecule has 0 atom stereocenters. The van der Waals surface area contributed by atoms with Crippen molar-refractivity contribution >= 4 is 41.5 Å². The minimum atomic E-state index is 0. The molecule has 108 valence electrons. The zero-order chi connectivity index (χ0) is 13.4. The molecule has 0 saturated heterocycles. The smallest absolute Gasteiger partial charge is 0.188 e. The second-order valence-corrected chi connectivity index (χ2v) is 5.00. The number of nitrogens with one attached hydrogen (secondary N) is 1. The molecule has 0 spiro atoms. The van der Waals surface area contributed by atoms with Gasteiger partial charge in [0.05, 0.1) is 0 Å². The summed E-state index contributed by atoms with van der Waals surface area (Å²) in [6.45, 7) is 5.87. The standard InChI is InChI=1S/C13H21ClN4.HI/c1-10(2)5-7-16-13(15)17-8-6-11-3-4-12(14)18-9-11;/h3-4,9-10H,5-8H2,1-2H3,(H3,15,16,17);1H. The molecule has 0 fully saturated rings. The van der Waals surface area contributed by atoms with Gasteiger partial charge in [-0.05, 0) is 30.4 Å². The van der Waals surface area contributed by atoms with Crippen molar-refractivity contribution in [3.63, 3.8) is 0 Å². The van der Waals surface area contributed by atoms with Crippen molar-refractivity contribution in [3.05, 3.63) is 29.0 Å². The van der Waals surface area contributed by atoms with E-state index in [0.717, 1.165) is 31.5 Å². The maximum absolute atomic E-state index is 5.75. The predicted molar refractivity (Wildman–Crippen MR) is 92.3 cm³/mol. The molecule has 0 radical (unpaired) electrons. The number of aromatic nitrogens is 1. The van der Waals surface area contributed by atoms with Crippen molar-refractivity contribution in [2.24, 2.45) is 16.6 Å². The van der Waals surface area contributed by atoms with Crippen LogP contribution >= 0.6 is 35.6 Å². The minimum absolute atomic E-state index is 0. The molecule has 0 aliphatic rings. The molecule has 0 unspecified atom stereocenters. The molecule has 6 heteroatoms. The lowest BCUT2D eigenvalue weighted by atomic mass is 10.1. The summed E-state index contributed by atoms with van der Waals surface area (Å²) in [6.07, 6.45) is 3.68. The maximum atomic E-state index is 5.75. The monoisotopic (exact) mass is 396 g/mol. The Labute approximate surface area is 137 Å². The molecule has 0 aliphatic heterocycles. The van der Waals surface area contributed by atoms with Gasteiger partial charge in [-0.1, -0.05) is 31.5 Å². The molecule has 1 aromatic heterocycles. The van der Waals surface area contributed by atoms with E-state index in [1.54, 1.807) is 12.3 Å². The first-order chi connectivity index (χ1) is 8.58. The second-order valence-electron chi connectivity index (χ2n) is 4.62. The van der Waals surface area contributed by atoms with Gasteiger partial charge in [-0.2, -0.15) is 0 Å². The lowest BCUT2D eigenvalue weighted by Gasteiger charge is -2.06. The molecule has 4 nitrogen and oxygen atoms in total. The molecule has 1 heterocycles. The average molecular weight is 397 g/mol. The largest absolute Gasteiger partial charge is 0.370 e. The van der Waals surface area contributed by atoms with Crippen LogP contribution in [0.3, 0.4) is 0 Å². The van der Waals surface area contributed by atoms with Crippen LogP contribution in [-0.2, 0) is 6.42 Å². The van der Waals surface area contributed by atoms with Crippen molar-refractivity contribution < 1.29 is 0 Å². The van der Waals surface area contributed by atoms with Crippen molar-refractivity contribution in [3.8, 4) is 0 Å². The first-order valence-corrected chi connectivity index (χ1v) is 6.60. The summed E-state index contributed by atoms with van der Waals surface area (Å²) in [7, 11) is 0. The van der Waals surface area contributed by atoms with Crippen LogP contribution in [0.5, 0.6) is 0 Å². The summed E-state index contributed by atoms with van der Waals surface area (Å²) in [5.74, 6) is 1.17. The number of nitrogens with zero attached hydrogens (tertiary/aromatic N) is 2. The van der Waals surface area contributed by atoms with Crippen LogP contribution in [0.4, 0.5) is 0 Å². The highest BCUT2D eigenvalue weighted by Crippen LogP contribution is 2.05. The molecular weight excluding hydrogens is 375 g/mol. The van der Waals surface area contributed by atoms with Gasteiger partial charge in [-0.25, -0.2) is 4.98 Å². The van der Waals surface area contributed by atoms with Gasteiger partial charge < -0.3 is 11.1 Å². The van der Waals surface area contributed by atoms with E-state index in [9.17, 15) is 0 Å². The number of rotatable bonds is 6. The molecule has 1 aromatic rings. The zero-order valence-corrected chi connectivity index (χ0v) is 14.5. The Kier molecular flexibility index (Phi) is 9.95. The van der Waals surface area contributed by atoms with E-state index in [1.165, 1.54) is 0 Å². The van der Waals surface area contributed by atoms with E-state index < -0.39 is 0 Å². The first kappa shape index (κ1) is 18.4. The fourth-order valence-electron chi connectivity index (χ4n) is 1.39. The van der Waals surface area contributed by atoms with Crippen molar-refractivity contribution in [1.82, 2.24) is 10.3 Å². The van der Waals surface area contributed by atoms with E-state index in [4.69, 9.17) is 17.3 Å². The quantitative estimate of drug-likeness (QED) is 0.336. The van der Waals surface area contributed by atoms with Gasteiger partial charge in [-0.15, -0.1) is 24.0 Å². The van der Waals surface area contributed by atoms with E-state index >= 15 is 0 Å². The molecule has 0 bridgehead atoms. The van der Waals surface area contributed by atoms with Gasteiger partial charge >= 0.3 is 0 Å². The third-order valence-electron chi connectivity index (χ3n) is 2.50. The summed E-state index contributed by atoms with van der Waals surface area (Å²) in [6, 6.07) is 3.75. The molecule has 19 heavy (non-hydrogen) atoms. The highest BCUT2D eigenvalue weighted by molar-refractivity contribution is 14.0. The number of pyridine rings is 1. The van der Waals surface area contributed by atoms with Gasteiger partial charge in [0.25, 0.3) is 0 Å². The molecule has 0 amide bonds. The second kappa shape index (κ2) is 10.3. The molecule has 3 N–H and O–H groups in total. The fraction of sp³-hybridized carbons (Fsp3) is 0.538. The molecule has 0 saturated carbocycles. The van der Waals surface area contributed by atoms with Gasteiger partial charge in [0, 0.05) is 19.3 Å². The number of hydrogen-bond donors (Lipinski definition) is 2. The van der Waals surface area contributed by atoms with Gasteiger partial charge in [0.1, 0.15) is 5.15 Å². The Balaban J connectivity index is 0.00000324. The van der Waals surface area contributed by atoms with Crippen molar-refractivity contribution in [1.29, 1.82) is 0 Å². The Hall–Kier alpha value is -0.560. The Morgan fingerprint density at radius 3 is 2.79 bits per heavy atom. The molecule has 0 aliphatic carbocycles. The van der Waals surface area contributed by atoms with E-state index in [-0.39, 0.29) is 24.0 Å². The third-order valence-corrected chi connectivity index (χ3v) is 2.72. The summed E-state index contributed by atoms with van der Waals surface area (Å²) >= 11 is 5.71. The lowest BCUT2D eigenvalue weighted by Crippen LogP contribution is -2.33. The lowest BCUT2D eigenvalue weighted by molar-refractivity contribution is 0.595. The Bertz CT molecular complexity index is 379. The van der Waals surface area contributed by atoms with Crippen LogP contribution in [0, 0.1) is 5.92 Å². The average Bonchev–Trinajstić information content (AvgIpc) is 2.31. The predicted octanol–water partition coefficient (Wildman–Crippen LogP) is 2.85. The summed E-state index contributed by atoms with van der Waals surface area (Å²) in [4.78, 5) is 8.28. The van der Waals surface area contributed by atoms with Gasteiger partial charge in [0.15, 0.2) is 5.96 Å². The van der Waals surface area contributed by atoms with Crippen LogP contribution in [-0.4, -0.2) is 24.0 Å². The van der Waals surface area contributed by atoms with Crippen LogP contribution in [0.25, 0.3) is 0 Å². The minimum Gasteiger partial charge on any atom is -0.370 e. The maximum Gasteiger partial charge on any atom is 0.188 e. The van der Waals surface area contributed by atoms with Gasteiger partial charge in [0.2, 0.25) is 0 Å². The van der Waals surface area contributed by atoms with Crippen LogP contribution in [0.2, 0.25) is 5.15 Å².